The van der Waals surface area contributed by atoms with E-state index in [2.05, 4.69) is 25.6 Å². The Bertz CT molecular complexity index is 1100. The fraction of sp³-hybridized carbons (Fsp3) is 0.222. The molecule has 1 aromatic carbocycles. The fourth-order valence-electron chi connectivity index (χ4n) is 2.64. The maximum atomic E-state index is 13.5. The molecule has 0 atom stereocenters. The number of carbonyl (C=O) groups excluding carboxylic acids is 1. The molecule has 2 aromatic heterocycles. The average molecular weight is 388 g/mol. The van der Waals surface area contributed by atoms with Gasteiger partial charge in [-0.2, -0.15) is 4.98 Å². The Morgan fingerprint density at radius 1 is 1.33 bits per heavy atom. The van der Waals surface area contributed by atoms with Gasteiger partial charge in [0.25, 0.3) is 5.56 Å². The highest BCUT2D eigenvalue weighted by molar-refractivity contribution is 6.31. The molecule has 3 N–H and O–H groups in total. The highest BCUT2D eigenvalue weighted by atomic mass is 35.5. The van der Waals surface area contributed by atoms with E-state index in [4.69, 9.17) is 11.6 Å². The zero-order chi connectivity index (χ0) is 19.0. The summed E-state index contributed by atoms with van der Waals surface area (Å²) in [5.74, 6) is 0.113. The molecule has 1 aliphatic carbocycles. The number of pyridine rings is 1. The van der Waals surface area contributed by atoms with Gasteiger partial charge < -0.3 is 15.6 Å². The summed E-state index contributed by atoms with van der Waals surface area (Å²) in [6.45, 7) is 0.153. The number of hydrogen-bond donors (Lipinski definition) is 3. The van der Waals surface area contributed by atoms with E-state index in [1.54, 1.807) is 12.1 Å². The predicted molar refractivity (Wildman–Crippen MR) is 100 cm³/mol. The van der Waals surface area contributed by atoms with Crippen molar-refractivity contribution < 1.29 is 9.18 Å². The van der Waals surface area contributed by atoms with Crippen LogP contribution < -0.4 is 16.2 Å². The molecule has 1 aliphatic rings. The summed E-state index contributed by atoms with van der Waals surface area (Å²) < 4.78 is 13.5. The number of benzene rings is 1. The van der Waals surface area contributed by atoms with Crippen molar-refractivity contribution in [2.45, 2.75) is 19.4 Å². The summed E-state index contributed by atoms with van der Waals surface area (Å²) in [4.78, 5) is 34.9. The van der Waals surface area contributed by atoms with E-state index >= 15 is 0 Å². The number of rotatable bonds is 5. The fourth-order valence-corrected chi connectivity index (χ4v) is 2.81. The molecule has 0 radical (unpaired) electrons. The van der Waals surface area contributed by atoms with E-state index in [9.17, 15) is 14.0 Å². The van der Waals surface area contributed by atoms with E-state index in [1.165, 1.54) is 18.3 Å². The second-order valence-electron chi connectivity index (χ2n) is 6.36. The van der Waals surface area contributed by atoms with Crippen molar-refractivity contribution in [2.75, 3.05) is 10.6 Å². The molecule has 27 heavy (non-hydrogen) atoms. The third kappa shape index (κ3) is 3.90. The normalized spacial score (nSPS) is 13.6. The van der Waals surface area contributed by atoms with Crippen LogP contribution >= 0.6 is 11.6 Å². The van der Waals surface area contributed by atoms with Gasteiger partial charge in [0.05, 0.1) is 10.5 Å². The third-order valence-electron chi connectivity index (χ3n) is 4.25. The van der Waals surface area contributed by atoms with Crippen LogP contribution in [0.5, 0.6) is 0 Å². The second kappa shape index (κ2) is 6.96. The number of anilines is 2. The lowest BCUT2D eigenvalue weighted by Gasteiger charge is -2.08. The summed E-state index contributed by atoms with van der Waals surface area (Å²) in [5.41, 5.74) is 0.433. The first-order valence-corrected chi connectivity index (χ1v) is 8.76. The molecule has 9 heteroatoms. The van der Waals surface area contributed by atoms with Gasteiger partial charge in [-0.1, -0.05) is 11.6 Å². The summed E-state index contributed by atoms with van der Waals surface area (Å²) in [5, 5.41) is 6.29. The van der Waals surface area contributed by atoms with Crippen LogP contribution in [-0.4, -0.2) is 20.9 Å². The highest BCUT2D eigenvalue weighted by Gasteiger charge is 2.29. The first-order valence-electron chi connectivity index (χ1n) is 8.38. The average Bonchev–Trinajstić information content (AvgIpc) is 3.47. The molecular weight excluding hydrogens is 373 g/mol. The molecule has 4 rings (SSSR count). The number of nitrogens with zero attached hydrogens (tertiary/aromatic N) is 2. The molecular formula is C18H15ClFN5O2. The Morgan fingerprint density at radius 3 is 2.93 bits per heavy atom. The Balaban J connectivity index is 1.51. The maximum absolute atomic E-state index is 13.5. The molecule has 1 amide bonds. The number of fused-ring (bicyclic) bond motifs is 1. The Morgan fingerprint density at radius 2 is 2.15 bits per heavy atom. The number of aromatic nitrogens is 3. The summed E-state index contributed by atoms with van der Waals surface area (Å²) in [7, 11) is 0. The van der Waals surface area contributed by atoms with E-state index in [1.807, 2.05) is 0 Å². The standard InChI is InChI=1S/C18H15ClFN5O2/c19-12-6-10-5-11(17(27)23-14(10)7-13(12)20)8-22-18-21-4-3-15(25-18)24-16(26)9-1-2-9/h3-7,9H,1-2,8H2,(H,23,27)(H2,21,22,24,25,26). The second-order valence-corrected chi connectivity index (χ2v) is 6.77. The van der Waals surface area contributed by atoms with E-state index < -0.39 is 5.82 Å². The van der Waals surface area contributed by atoms with Crippen LogP contribution in [0.3, 0.4) is 0 Å². The van der Waals surface area contributed by atoms with Gasteiger partial charge in [0.15, 0.2) is 0 Å². The zero-order valence-electron chi connectivity index (χ0n) is 14.1. The molecule has 0 bridgehead atoms. The van der Waals surface area contributed by atoms with Crippen molar-refractivity contribution in [3.8, 4) is 0 Å². The molecule has 0 unspecified atom stereocenters. The molecule has 0 spiro atoms. The number of carbonyl (C=O) groups is 1. The summed E-state index contributed by atoms with van der Waals surface area (Å²) in [6.07, 6.45) is 3.33. The van der Waals surface area contributed by atoms with Crippen LogP contribution in [0.15, 0.2) is 35.3 Å². The van der Waals surface area contributed by atoms with Crippen molar-refractivity contribution >= 4 is 40.2 Å². The van der Waals surface area contributed by atoms with Crippen LogP contribution in [0.25, 0.3) is 10.9 Å². The van der Waals surface area contributed by atoms with Gasteiger partial charge >= 0.3 is 0 Å². The lowest BCUT2D eigenvalue weighted by Crippen LogP contribution is -2.17. The number of nitrogens with one attached hydrogen (secondary N) is 3. The van der Waals surface area contributed by atoms with Gasteiger partial charge in [0.2, 0.25) is 11.9 Å². The predicted octanol–water partition coefficient (Wildman–Crippen LogP) is 3.07. The monoisotopic (exact) mass is 387 g/mol. The van der Waals surface area contributed by atoms with E-state index in [-0.39, 0.29) is 34.9 Å². The minimum atomic E-state index is -0.593. The number of aromatic amines is 1. The van der Waals surface area contributed by atoms with Crippen molar-refractivity contribution in [1.29, 1.82) is 0 Å². The van der Waals surface area contributed by atoms with Crippen LogP contribution in [-0.2, 0) is 11.3 Å². The lowest BCUT2D eigenvalue weighted by atomic mass is 10.1. The van der Waals surface area contributed by atoms with Gasteiger partial charge in [-0.25, -0.2) is 9.37 Å². The van der Waals surface area contributed by atoms with Crippen LogP contribution in [0.2, 0.25) is 5.02 Å². The summed E-state index contributed by atoms with van der Waals surface area (Å²) in [6, 6.07) is 5.87. The molecule has 138 valence electrons. The number of amides is 1. The Labute approximate surface area is 158 Å². The lowest BCUT2D eigenvalue weighted by molar-refractivity contribution is -0.117. The first-order chi connectivity index (χ1) is 13.0. The third-order valence-corrected chi connectivity index (χ3v) is 4.54. The minimum absolute atomic E-state index is 0.0177. The van der Waals surface area contributed by atoms with E-state index in [0.29, 0.717) is 22.3 Å². The minimum Gasteiger partial charge on any atom is -0.350 e. The van der Waals surface area contributed by atoms with Crippen LogP contribution in [0, 0.1) is 11.7 Å². The molecule has 2 heterocycles. The van der Waals surface area contributed by atoms with Crippen molar-refractivity contribution in [3.05, 3.63) is 57.2 Å². The number of H-pyrrole nitrogens is 1. The molecule has 7 nitrogen and oxygen atoms in total. The van der Waals surface area contributed by atoms with Crippen LogP contribution in [0.4, 0.5) is 16.2 Å². The smallest absolute Gasteiger partial charge is 0.253 e. The van der Waals surface area contributed by atoms with Gasteiger partial charge in [0, 0.05) is 29.6 Å². The quantitative estimate of drug-likeness (QED) is 0.624. The highest BCUT2D eigenvalue weighted by Crippen LogP contribution is 2.30. The van der Waals surface area contributed by atoms with Crippen molar-refractivity contribution in [3.63, 3.8) is 0 Å². The zero-order valence-corrected chi connectivity index (χ0v) is 14.8. The van der Waals surface area contributed by atoms with Gasteiger partial charge in [-0.15, -0.1) is 0 Å². The van der Waals surface area contributed by atoms with Crippen molar-refractivity contribution in [1.82, 2.24) is 15.0 Å². The molecule has 0 aliphatic heterocycles. The van der Waals surface area contributed by atoms with Crippen LogP contribution in [0.1, 0.15) is 18.4 Å². The Kier molecular flexibility index (Phi) is 4.49. The molecule has 1 fully saturated rings. The molecule has 0 saturated heterocycles. The summed E-state index contributed by atoms with van der Waals surface area (Å²) >= 11 is 5.80. The van der Waals surface area contributed by atoms with Gasteiger partial charge in [-0.05, 0) is 37.1 Å². The molecule has 1 saturated carbocycles. The first kappa shape index (κ1) is 17.4. The topological polar surface area (TPSA) is 99.8 Å². The number of hydrogen-bond acceptors (Lipinski definition) is 5. The van der Waals surface area contributed by atoms with Crippen molar-refractivity contribution in [2.24, 2.45) is 5.92 Å². The SMILES string of the molecule is O=C(Nc1ccnc(NCc2cc3cc(Cl)c(F)cc3[nH]c2=O)n1)C1CC1. The van der Waals surface area contributed by atoms with Gasteiger partial charge in [-0.3, -0.25) is 9.59 Å². The largest absolute Gasteiger partial charge is 0.350 e. The number of halogens is 2. The maximum Gasteiger partial charge on any atom is 0.253 e. The van der Waals surface area contributed by atoms with Gasteiger partial charge in [0.1, 0.15) is 11.6 Å². The van der Waals surface area contributed by atoms with E-state index in [0.717, 1.165) is 12.8 Å². The Hall–Kier alpha value is -3.00. The molecule has 3 aromatic rings.